The highest BCUT2D eigenvalue weighted by Gasteiger charge is 2.29. The van der Waals surface area contributed by atoms with Crippen molar-refractivity contribution >= 4 is 21.6 Å². The minimum absolute atomic E-state index is 0.144. The molecule has 1 amide bonds. The van der Waals surface area contributed by atoms with Gasteiger partial charge in [-0.2, -0.15) is 4.31 Å². The zero-order valence-electron chi connectivity index (χ0n) is 17.2. The zero-order valence-corrected chi connectivity index (χ0v) is 18.0. The summed E-state index contributed by atoms with van der Waals surface area (Å²) < 4.78 is 57.2. The second kappa shape index (κ2) is 10.7. The molecule has 0 unspecified atom stereocenters. The van der Waals surface area contributed by atoms with Crippen LogP contribution < -0.4 is 10.1 Å². The molecular formula is C21H25FN2O6S. The Bertz CT molecular complexity index is 1010. The lowest BCUT2D eigenvalue weighted by molar-refractivity contribution is 0.0729. The van der Waals surface area contributed by atoms with Crippen molar-refractivity contribution < 1.29 is 31.8 Å². The van der Waals surface area contributed by atoms with E-state index in [1.54, 1.807) is 24.3 Å². The Balaban J connectivity index is 1.78. The average Bonchev–Trinajstić information content (AvgIpc) is 2.78. The fourth-order valence-corrected chi connectivity index (χ4v) is 4.54. The number of hydrogen-bond donors (Lipinski definition) is 1. The van der Waals surface area contributed by atoms with E-state index in [0.717, 1.165) is 12.1 Å². The molecule has 1 aliphatic rings. The summed E-state index contributed by atoms with van der Waals surface area (Å²) in [5, 5.41) is 2.62. The maximum absolute atomic E-state index is 14.4. The first kappa shape index (κ1) is 23.1. The number of benzene rings is 2. The molecule has 8 nitrogen and oxygen atoms in total. The Labute approximate surface area is 181 Å². The molecule has 1 fully saturated rings. The van der Waals surface area contributed by atoms with Crippen LogP contribution >= 0.6 is 0 Å². The van der Waals surface area contributed by atoms with Gasteiger partial charge in [0.15, 0.2) is 0 Å². The van der Waals surface area contributed by atoms with Gasteiger partial charge in [-0.1, -0.05) is 12.1 Å². The van der Waals surface area contributed by atoms with Crippen LogP contribution in [0, 0.1) is 5.82 Å². The standard InChI is InChI=1S/C21H25FN2O6S/c1-2-28-13-14-30-19-6-4-3-5-17(19)21(25)23-16-7-8-18(22)20(15-16)31(26,27)24-9-11-29-12-10-24/h3-8,15H,2,9-14H2,1H3,(H,23,25). The predicted molar refractivity (Wildman–Crippen MR) is 112 cm³/mol. The molecule has 2 aromatic rings. The summed E-state index contributed by atoms with van der Waals surface area (Å²) in [6, 6.07) is 10.1. The maximum atomic E-state index is 14.4. The molecule has 0 saturated carbocycles. The first-order valence-electron chi connectivity index (χ1n) is 9.92. The summed E-state index contributed by atoms with van der Waals surface area (Å²) in [6.45, 7) is 3.87. The molecule has 3 rings (SSSR count). The van der Waals surface area contributed by atoms with Gasteiger partial charge in [0.2, 0.25) is 10.0 Å². The van der Waals surface area contributed by atoms with Crippen LogP contribution in [0.4, 0.5) is 10.1 Å². The number of halogens is 1. The summed E-state index contributed by atoms with van der Waals surface area (Å²) in [5.41, 5.74) is 0.420. The van der Waals surface area contributed by atoms with Crippen LogP contribution in [-0.4, -0.2) is 64.8 Å². The SMILES string of the molecule is CCOCCOc1ccccc1C(=O)Nc1ccc(F)c(S(=O)(=O)N2CCOCC2)c1. The fourth-order valence-electron chi connectivity index (χ4n) is 3.04. The highest BCUT2D eigenvalue weighted by Crippen LogP contribution is 2.25. The number of ether oxygens (including phenoxy) is 3. The molecule has 0 atom stereocenters. The van der Waals surface area contributed by atoms with Crippen molar-refractivity contribution in [2.24, 2.45) is 0 Å². The molecule has 168 valence electrons. The van der Waals surface area contributed by atoms with Gasteiger partial charge >= 0.3 is 0 Å². The Morgan fingerprint density at radius 2 is 1.90 bits per heavy atom. The number of nitrogens with zero attached hydrogens (tertiary/aromatic N) is 1. The molecule has 2 aromatic carbocycles. The van der Waals surface area contributed by atoms with Gasteiger partial charge in [0.25, 0.3) is 5.91 Å². The molecule has 0 bridgehead atoms. The number of amides is 1. The number of sulfonamides is 1. The van der Waals surface area contributed by atoms with Crippen molar-refractivity contribution in [1.29, 1.82) is 0 Å². The van der Waals surface area contributed by atoms with Crippen molar-refractivity contribution in [3.05, 3.63) is 53.8 Å². The van der Waals surface area contributed by atoms with E-state index in [-0.39, 0.29) is 44.2 Å². The van der Waals surface area contributed by atoms with Gasteiger partial charge in [-0.3, -0.25) is 4.79 Å². The van der Waals surface area contributed by atoms with E-state index in [9.17, 15) is 17.6 Å². The van der Waals surface area contributed by atoms with Crippen LogP contribution in [-0.2, 0) is 19.5 Å². The van der Waals surface area contributed by atoms with Crippen molar-refractivity contribution in [2.45, 2.75) is 11.8 Å². The Hall–Kier alpha value is -2.53. The summed E-state index contributed by atoms with van der Waals surface area (Å²) in [5.74, 6) is -1.03. The van der Waals surface area contributed by atoms with E-state index in [4.69, 9.17) is 14.2 Å². The summed E-state index contributed by atoms with van der Waals surface area (Å²) in [4.78, 5) is 12.3. The first-order valence-corrected chi connectivity index (χ1v) is 11.4. The highest BCUT2D eigenvalue weighted by molar-refractivity contribution is 7.89. The molecule has 1 heterocycles. The number of rotatable bonds is 9. The number of carbonyl (C=O) groups excluding carboxylic acids is 1. The minimum Gasteiger partial charge on any atom is -0.490 e. The highest BCUT2D eigenvalue weighted by atomic mass is 32.2. The third kappa shape index (κ3) is 5.79. The third-order valence-corrected chi connectivity index (χ3v) is 6.51. The van der Waals surface area contributed by atoms with E-state index >= 15 is 0 Å². The second-order valence-electron chi connectivity index (χ2n) is 6.66. The van der Waals surface area contributed by atoms with Crippen LogP contribution in [0.1, 0.15) is 17.3 Å². The van der Waals surface area contributed by atoms with Gasteiger partial charge in [-0.15, -0.1) is 0 Å². The van der Waals surface area contributed by atoms with Gasteiger partial charge < -0.3 is 19.5 Å². The van der Waals surface area contributed by atoms with E-state index in [2.05, 4.69) is 5.32 Å². The van der Waals surface area contributed by atoms with Crippen molar-refractivity contribution in [3.8, 4) is 5.75 Å². The Morgan fingerprint density at radius 1 is 1.16 bits per heavy atom. The van der Waals surface area contributed by atoms with Crippen LogP contribution in [0.5, 0.6) is 5.75 Å². The Morgan fingerprint density at radius 3 is 2.65 bits per heavy atom. The molecule has 10 heteroatoms. The molecule has 31 heavy (non-hydrogen) atoms. The topological polar surface area (TPSA) is 94.2 Å². The lowest BCUT2D eigenvalue weighted by Crippen LogP contribution is -2.40. The fraction of sp³-hybridized carbons (Fsp3) is 0.381. The summed E-state index contributed by atoms with van der Waals surface area (Å²) in [6.07, 6.45) is 0. The largest absolute Gasteiger partial charge is 0.490 e. The monoisotopic (exact) mass is 452 g/mol. The number of hydrogen-bond acceptors (Lipinski definition) is 6. The van der Waals surface area contributed by atoms with Gasteiger partial charge in [-0.05, 0) is 37.3 Å². The van der Waals surface area contributed by atoms with Gasteiger partial charge in [-0.25, -0.2) is 12.8 Å². The van der Waals surface area contributed by atoms with Crippen molar-refractivity contribution in [2.75, 3.05) is 51.4 Å². The average molecular weight is 453 g/mol. The number of para-hydroxylation sites is 1. The lowest BCUT2D eigenvalue weighted by Gasteiger charge is -2.26. The van der Waals surface area contributed by atoms with Crippen molar-refractivity contribution in [1.82, 2.24) is 4.31 Å². The number of anilines is 1. The van der Waals surface area contributed by atoms with Crippen LogP contribution in [0.3, 0.4) is 0 Å². The smallest absolute Gasteiger partial charge is 0.259 e. The van der Waals surface area contributed by atoms with Crippen molar-refractivity contribution in [3.63, 3.8) is 0 Å². The molecule has 1 N–H and O–H groups in total. The quantitative estimate of drug-likeness (QED) is 0.588. The van der Waals surface area contributed by atoms with E-state index in [0.29, 0.717) is 19.0 Å². The molecule has 0 aromatic heterocycles. The molecule has 1 aliphatic heterocycles. The number of carbonyl (C=O) groups is 1. The predicted octanol–water partition coefficient (Wildman–Crippen LogP) is 2.51. The zero-order chi connectivity index (χ0) is 22.3. The lowest BCUT2D eigenvalue weighted by atomic mass is 10.2. The maximum Gasteiger partial charge on any atom is 0.259 e. The number of morpholine rings is 1. The van der Waals surface area contributed by atoms with E-state index < -0.39 is 26.6 Å². The minimum atomic E-state index is -4.05. The van der Waals surface area contributed by atoms with E-state index in [1.165, 1.54) is 10.4 Å². The molecule has 0 radical (unpaired) electrons. The molecule has 0 spiro atoms. The number of nitrogens with one attached hydrogen (secondary N) is 1. The molecule has 1 saturated heterocycles. The van der Waals surface area contributed by atoms with Crippen LogP contribution in [0.25, 0.3) is 0 Å². The van der Waals surface area contributed by atoms with Crippen LogP contribution in [0.2, 0.25) is 0 Å². The normalized spacial score (nSPS) is 14.9. The molecule has 0 aliphatic carbocycles. The van der Waals surface area contributed by atoms with Crippen LogP contribution in [0.15, 0.2) is 47.4 Å². The summed E-state index contributed by atoms with van der Waals surface area (Å²) >= 11 is 0. The van der Waals surface area contributed by atoms with E-state index in [1.807, 2.05) is 6.92 Å². The molecular weight excluding hydrogens is 427 g/mol. The second-order valence-corrected chi connectivity index (χ2v) is 8.56. The van der Waals surface area contributed by atoms with Gasteiger partial charge in [0, 0.05) is 25.4 Å². The first-order chi connectivity index (χ1) is 14.9. The van der Waals surface area contributed by atoms with Gasteiger partial charge in [0.1, 0.15) is 23.1 Å². The van der Waals surface area contributed by atoms with Gasteiger partial charge in [0.05, 0.1) is 25.4 Å². The summed E-state index contributed by atoms with van der Waals surface area (Å²) in [7, 11) is -4.05. The third-order valence-electron chi connectivity index (χ3n) is 4.60. The Kier molecular flexibility index (Phi) is 7.97.